The fourth-order valence-electron chi connectivity index (χ4n) is 7.17. The van der Waals surface area contributed by atoms with Crippen LogP contribution in [0.15, 0.2) is 48.9 Å². The number of anilines is 2. The molecule has 320 valence electrons. The zero-order valence-corrected chi connectivity index (χ0v) is 34.7. The van der Waals surface area contributed by atoms with Crippen LogP contribution in [0, 0.1) is 6.92 Å². The van der Waals surface area contributed by atoms with Crippen LogP contribution in [-0.2, 0) is 37.3 Å². The molecule has 1 aliphatic heterocycles. The molecule has 0 atom stereocenters. The number of amides is 4. The summed E-state index contributed by atoms with van der Waals surface area (Å²) in [6.45, 7) is 13.2. The van der Waals surface area contributed by atoms with Crippen LogP contribution in [0.25, 0.3) is 22.2 Å². The van der Waals surface area contributed by atoms with Crippen LogP contribution in [0.4, 0.5) is 11.9 Å². The lowest BCUT2D eigenvalue weighted by atomic mass is 10.1. The SMILES string of the molecule is CCc1cn(CC)c(C(=O)Nc2nc3cc(C(N)=O)cnc3n2C/C=C/Cn2c(NC(=O)c3nc(C)cn3CC)nc3cc(C(N)=O)cc(OCCCN4CCOCC4)c32)n1. The van der Waals surface area contributed by atoms with Gasteiger partial charge in [0.05, 0.1) is 42.3 Å². The van der Waals surface area contributed by atoms with Crippen LogP contribution >= 0.6 is 0 Å². The van der Waals surface area contributed by atoms with Crippen molar-refractivity contribution in [3.8, 4) is 5.75 Å². The second-order valence-corrected chi connectivity index (χ2v) is 14.5. The average molecular weight is 835 g/mol. The monoisotopic (exact) mass is 834 g/mol. The van der Waals surface area contributed by atoms with Gasteiger partial charge in [-0.2, -0.15) is 0 Å². The number of allylic oxidation sites excluding steroid dienone is 2. The smallest absolute Gasteiger partial charge is 0.293 e. The van der Waals surface area contributed by atoms with Gasteiger partial charge >= 0.3 is 0 Å². The van der Waals surface area contributed by atoms with Gasteiger partial charge in [0.25, 0.3) is 11.8 Å². The van der Waals surface area contributed by atoms with Gasteiger partial charge in [-0.05, 0) is 51.8 Å². The number of ether oxygens (including phenoxy) is 2. The van der Waals surface area contributed by atoms with Gasteiger partial charge in [-0.1, -0.05) is 19.1 Å². The van der Waals surface area contributed by atoms with E-state index in [1.54, 1.807) is 36.6 Å². The number of nitrogens with two attached hydrogens (primary N) is 2. The molecular weight excluding hydrogens is 785 g/mol. The van der Waals surface area contributed by atoms with Gasteiger partial charge in [-0.15, -0.1) is 0 Å². The molecule has 0 spiro atoms. The van der Waals surface area contributed by atoms with Gasteiger partial charge in [-0.3, -0.25) is 39.3 Å². The highest BCUT2D eigenvalue weighted by atomic mass is 16.5. The Hall–Kier alpha value is -6.93. The van der Waals surface area contributed by atoms with E-state index in [1.807, 2.05) is 46.0 Å². The van der Waals surface area contributed by atoms with Gasteiger partial charge in [0.1, 0.15) is 16.8 Å². The molecule has 20 heteroatoms. The molecule has 1 saturated heterocycles. The third-order valence-electron chi connectivity index (χ3n) is 10.3. The standard InChI is InChI=1S/C41H50N14O6/c1-5-28-24-53(7-3)37(46-28)39(59)50-41-48-30-20-27(34(43)57)22-44-35(30)55(41)13-9-8-12-54-32-29(47-40(54)49-38(58)36-45-25(4)23-52(36)6-2)19-26(33(42)56)21-31(32)61-16-10-11-51-14-17-60-18-15-51/h8-9,19-24H,5-7,10-18H2,1-4H3,(H2,42,56)(H2,43,57)(H,47,49,58)(H,48,50,59)/b9-8+. The number of morpholine rings is 1. The molecule has 0 unspecified atom stereocenters. The zero-order chi connectivity index (χ0) is 43.2. The van der Waals surface area contributed by atoms with E-state index in [0.29, 0.717) is 79.4 Å². The molecule has 20 nitrogen and oxygen atoms in total. The molecule has 1 aromatic carbocycles. The molecule has 1 aliphatic rings. The molecule has 4 amide bonds. The Morgan fingerprint density at radius 3 is 2.10 bits per heavy atom. The highest BCUT2D eigenvalue weighted by Gasteiger charge is 2.23. The Bertz CT molecular complexity index is 2630. The number of nitrogens with zero attached hydrogens (tertiary/aromatic N) is 10. The van der Waals surface area contributed by atoms with Crippen LogP contribution < -0.4 is 26.8 Å². The second kappa shape index (κ2) is 18.6. The van der Waals surface area contributed by atoms with E-state index < -0.39 is 23.6 Å². The first-order valence-corrected chi connectivity index (χ1v) is 20.3. The molecule has 6 heterocycles. The quantitative estimate of drug-likeness (QED) is 0.0720. The van der Waals surface area contributed by atoms with Crippen LogP contribution in [0.5, 0.6) is 5.75 Å². The number of rotatable bonds is 18. The summed E-state index contributed by atoms with van der Waals surface area (Å²) in [4.78, 5) is 77.0. The Balaban J connectivity index is 1.22. The third-order valence-corrected chi connectivity index (χ3v) is 10.3. The second-order valence-electron chi connectivity index (χ2n) is 14.5. The predicted molar refractivity (Wildman–Crippen MR) is 227 cm³/mol. The number of benzene rings is 1. The predicted octanol–water partition coefficient (Wildman–Crippen LogP) is 3.14. The minimum absolute atomic E-state index is 0.163. The van der Waals surface area contributed by atoms with Crippen molar-refractivity contribution in [2.24, 2.45) is 11.5 Å². The van der Waals surface area contributed by atoms with Crippen molar-refractivity contribution < 1.29 is 28.7 Å². The van der Waals surface area contributed by atoms with Crippen LogP contribution in [-0.4, -0.2) is 111 Å². The molecule has 1 fully saturated rings. The molecule has 0 aliphatic carbocycles. The molecule has 6 N–H and O–H groups in total. The topological polar surface area (TPSA) is 250 Å². The number of pyridine rings is 1. The van der Waals surface area contributed by atoms with Crippen LogP contribution in [0.2, 0.25) is 0 Å². The Morgan fingerprint density at radius 1 is 0.803 bits per heavy atom. The molecule has 6 aromatic rings. The molecule has 0 radical (unpaired) electrons. The lowest BCUT2D eigenvalue weighted by molar-refractivity contribution is 0.0358. The molecule has 0 bridgehead atoms. The molecule has 0 saturated carbocycles. The van der Waals surface area contributed by atoms with Crippen molar-refractivity contribution in [1.82, 2.24) is 48.1 Å². The largest absolute Gasteiger partial charge is 0.491 e. The van der Waals surface area contributed by atoms with Gasteiger partial charge in [0, 0.05) is 70.0 Å². The Morgan fingerprint density at radius 2 is 1.43 bits per heavy atom. The highest BCUT2D eigenvalue weighted by Crippen LogP contribution is 2.32. The van der Waals surface area contributed by atoms with Crippen molar-refractivity contribution in [1.29, 1.82) is 0 Å². The fraction of sp³-hybridized carbons (Fsp3) is 0.390. The first-order valence-electron chi connectivity index (χ1n) is 20.3. The number of carbonyl (C=O) groups is 4. The first-order chi connectivity index (χ1) is 29.5. The van der Waals surface area contributed by atoms with Crippen LogP contribution in [0.1, 0.15) is 80.5 Å². The summed E-state index contributed by atoms with van der Waals surface area (Å²) in [6.07, 6.45) is 10.1. The van der Waals surface area contributed by atoms with Gasteiger partial charge in [-0.25, -0.2) is 24.9 Å². The number of primary amides is 2. The summed E-state index contributed by atoms with van der Waals surface area (Å²) < 4.78 is 18.8. The molecule has 7 rings (SSSR count). The normalized spacial score (nSPS) is 13.4. The molecule has 61 heavy (non-hydrogen) atoms. The van der Waals surface area contributed by atoms with Crippen molar-refractivity contribution >= 4 is 57.7 Å². The van der Waals surface area contributed by atoms with E-state index >= 15 is 0 Å². The first kappa shape index (κ1) is 42.2. The van der Waals surface area contributed by atoms with Gasteiger partial charge < -0.3 is 34.6 Å². The number of nitrogens with one attached hydrogen (secondary N) is 2. The number of aryl methyl sites for hydroxylation is 4. The zero-order valence-electron chi connectivity index (χ0n) is 34.7. The minimum atomic E-state index is -0.667. The number of fused-ring (bicyclic) bond motifs is 2. The summed E-state index contributed by atoms with van der Waals surface area (Å²) >= 11 is 0. The maximum absolute atomic E-state index is 13.7. The van der Waals surface area contributed by atoms with E-state index in [2.05, 4.69) is 35.5 Å². The van der Waals surface area contributed by atoms with E-state index in [0.717, 1.165) is 25.3 Å². The Labute approximate surface area is 350 Å². The van der Waals surface area contributed by atoms with Gasteiger partial charge in [0.2, 0.25) is 23.7 Å². The number of hydrogen-bond donors (Lipinski definition) is 4. The van der Waals surface area contributed by atoms with E-state index in [1.165, 1.54) is 12.3 Å². The number of aromatic nitrogens is 9. The summed E-state index contributed by atoms with van der Waals surface area (Å²) in [5, 5.41) is 5.82. The van der Waals surface area contributed by atoms with Gasteiger partial charge in [0.15, 0.2) is 17.3 Å². The lowest BCUT2D eigenvalue weighted by Gasteiger charge is -2.26. The van der Waals surface area contributed by atoms with Crippen molar-refractivity contribution in [2.45, 2.75) is 66.7 Å². The van der Waals surface area contributed by atoms with Crippen molar-refractivity contribution in [3.63, 3.8) is 0 Å². The summed E-state index contributed by atoms with van der Waals surface area (Å²) in [5.74, 6) is -1.07. The molecule has 5 aromatic heterocycles. The third kappa shape index (κ3) is 9.29. The molecular formula is C41H50N14O6. The lowest BCUT2D eigenvalue weighted by Crippen LogP contribution is -2.37. The minimum Gasteiger partial charge on any atom is -0.491 e. The fourth-order valence-corrected chi connectivity index (χ4v) is 7.17. The number of carbonyl (C=O) groups excluding carboxylic acids is 4. The Kier molecular flexibility index (Phi) is 12.8. The van der Waals surface area contributed by atoms with Crippen molar-refractivity contribution in [2.75, 3.05) is 50.1 Å². The number of hydrogen-bond acceptors (Lipinski definition) is 12. The maximum Gasteiger partial charge on any atom is 0.293 e. The summed E-state index contributed by atoms with van der Waals surface area (Å²) in [5.41, 5.74) is 14.8. The van der Waals surface area contributed by atoms with E-state index in [9.17, 15) is 19.2 Å². The number of imidazole rings is 4. The highest BCUT2D eigenvalue weighted by molar-refractivity contribution is 6.04. The summed E-state index contributed by atoms with van der Waals surface area (Å²) in [6, 6.07) is 4.67. The van der Waals surface area contributed by atoms with Crippen molar-refractivity contribution in [3.05, 3.63) is 83.1 Å². The van der Waals surface area contributed by atoms with E-state index in [-0.39, 0.29) is 47.8 Å². The summed E-state index contributed by atoms with van der Waals surface area (Å²) in [7, 11) is 0. The maximum atomic E-state index is 13.7. The van der Waals surface area contributed by atoms with Crippen LogP contribution in [0.3, 0.4) is 0 Å². The average Bonchev–Trinajstić information content (AvgIpc) is 4.03. The van der Waals surface area contributed by atoms with E-state index in [4.69, 9.17) is 25.9 Å².